The van der Waals surface area contributed by atoms with E-state index in [9.17, 15) is 14.4 Å². The van der Waals surface area contributed by atoms with Crippen molar-refractivity contribution in [3.05, 3.63) is 123 Å². The minimum atomic E-state index is -0.849. The second-order valence-electron chi connectivity index (χ2n) is 9.19. The molecule has 0 spiro atoms. The van der Waals surface area contributed by atoms with Crippen LogP contribution in [0.2, 0.25) is 5.02 Å². The van der Waals surface area contributed by atoms with Crippen LogP contribution in [0.4, 0.5) is 10.5 Å². The summed E-state index contributed by atoms with van der Waals surface area (Å²) in [5.74, 6) is -0.100. The van der Waals surface area contributed by atoms with Crippen molar-refractivity contribution in [2.24, 2.45) is 0 Å². The van der Waals surface area contributed by atoms with Crippen LogP contribution >= 0.6 is 27.5 Å². The first-order chi connectivity index (χ1) is 20.3. The molecule has 10 heteroatoms. The van der Waals surface area contributed by atoms with Gasteiger partial charge < -0.3 is 14.2 Å². The highest BCUT2D eigenvalue weighted by Crippen LogP contribution is 2.30. The third-order valence-corrected chi connectivity index (χ3v) is 7.12. The van der Waals surface area contributed by atoms with Crippen molar-refractivity contribution in [3.63, 3.8) is 0 Å². The molecule has 4 aromatic rings. The zero-order valence-corrected chi connectivity index (χ0v) is 24.6. The molecular weight excluding hydrogens is 624 g/mol. The number of amides is 4. The minimum Gasteiger partial charge on any atom is -0.497 e. The molecule has 1 fully saturated rings. The maximum Gasteiger partial charge on any atom is 0.335 e. The summed E-state index contributed by atoms with van der Waals surface area (Å²) in [7, 11) is 1.53. The molecule has 5 rings (SSSR count). The number of carbonyl (C=O) groups excluding carboxylic acids is 3. The topological polar surface area (TPSA) is 94.2 Å². The van der Waals surface area contributed by atoms with Crippen LogP contribution in [0.3, 0.4) is 0 Å². The molecular formula is C32H24BrClN2O6. The molecule has 4 amide bonds. The van der Waals surface area contributed by atoms with E-state index >= 15 is 0 Å². The number of ether oxygens (including phenoxy) is 3. The Hall–Kier alpha value is -4.60. The van der Waals surface area contributed by atoms with E-state index in [4.69, 9.17) is 25.8 Å². The lowest BCUT2D eigenvalue weighted by Crippen LogP contribution is -2.54. The molecule has 0 aliphatic carbocycles. The highest BCUT2D eigenvalue weighted by molar-refractivity contribution is 9.10. The molecule has 4 aromatic carbocycles. The smallest absolute Gasteiger partial charge is 0.335 e. The molecule has 8 nitrogen and oxygen atoms in total. The summed E-state index contributed by atoms with van der Waals surface area (Å²) in [6.07, 6.45) is 1.40. The lowest BCUT2D eigenvalue weighted by atomic mass is 10.1. The normalized spacial score (nSPS) is 14.1. The zero-order chi connectivity index (χ0) is 29.6. The number of imide groups is 2. The first-order valence-electron chi connectivity index (χ1n) is 12.7. The average molecular weight is 648 g/mol. The van der Waals surface area contributed by atoms with Crippen molar-refractivity contribution in [3.8, 4) is 17.2 Å². The van der Waals surface area contributed by atoms with Gasteiger partial charge in [0.1, 0.15) is 36.0 Å². The van der Waals surface area contributed by atoms with Gasteiger partial charge in [-0.25, -0.2) is 9.69 Å². The number of methoxy groups -OCH3 is 1. The summed E-state index contributed by atoms with van der Waals surface area (Å²) in [6.45, 7) is 0.558. The molecule has 1 aliphatic heterocycles. The van der Waals surface area contributed by atoms with Crippen LogP contribution in [0.5, 0.6) is 17.2 Å². The van der Waals surface area contributed by atoms with Gasteiger partial charge in [-0.1, -0.05) is 51.8 Å². The van der Waals surface area contributed by atoms with Crippen LogP contribution in [-0.4, -0.2) is 25.0 Å². The molecule has 0 unspecified atom stereocenters. The van der Waals surface area contributed by atoms with Crippen LogP contribution in [-0.2, 0) is 22.8 Å². The van der Waals surface area contributed by atoms with E-state index in [1.165, 1.54) is 13.2 Å². The summed E-state index contributed by atoms with van der Waals surface area (Å²) in [5.41, 5.74) is 2.36. The number of anilines is 1. The molecule has 0 bridgehead atoms. The van der Waals surface area contributed by atoms with Gasteiger partial charge in [-0.05, 0) is 77.9 Å². The standard InChI is InChI=1S/C32H24BrClN2O6/c1-40-27-13-6-22(29(17-27)42-19-20-2-7-23(33)8-3-20)16-28-30(37)35-32(39)36(31(28)38)25-11-14-26(15-12-25)41-18-21-4-9-24(34)10-5-21/h2-17H,18-19H2,1H3,(H,35,37,39)/b28-16+. The van der Waals surface area contributed by atoms with Crippen molar-refractivity contribution in [1.82, 2.24) is 5.32 Å². The maximum atomic E-state index is 13.5. The van der Waals surface area contributed by atoms with Crippen molar-refractivity contribution < 1.29 is 28.6 Å². The summed E-state index contributed by atoms with van der Waals surface area (Å²) >= 11 is 9.34. The fraction of sp³-hybridized carbons (Fsp3) is 0.0938. The van der Waals surface area contributed by atoms with Crippen molar-refractivity contribution >= 4 is 57.1 Å². The zero-order valence-electron chi connectivity index (χ0n) is 22.3. The number of barbiturate groups is 1. The number of carbonyl (C=O) groups is 3. The number of rotatable bonds is 9. The Labute approximate surface area is 255 Å². The third-order valence-electron chi connectivity index (χ3n) is 6.34. The third kappa shape index (κ3) is 6.82. The summed E-state index contributed by atoms with van der Waals surface area (Å²) in [5, 5.41) is 2.88. The van der Waals surface area contributed by atoms with Crippen LogP contribution in [0.15, 0.2) is 101 Å². The lowest BCUT2D eigenvalue weighted by molar-refractivity contribution is -0.122. The fourth-order valence-corrected chi connectivity index (χ4v) is 4.50. The van der Waals surface area contributed by atoms with E-state index < -0.39 is 17.8 Å². The SMILES string of the molecule is COc1ccc(/C=C2\C(=O)NC(=O)N(c3ccc(OCc4ccc(Cl)cc4)cc3)C2=O)c(OCc2ccc(Br)cc2)c1. The van der Waals surface area contributed by atoms with Gasteiger partial charge in [0.05, 0.1) is 12.8 Å². The Morgan fingerprint density at radius 3 is 2.10 bits per heavy atom. The number of nitrogens with one attached hydrogen (secondary N) is 1. The number of nitrogens with zero attached hydrogens (tertiary/aromatic N) is 1. The van der Waals surface area contributed by atoms with Gasteiger partial charge in [0.2, 0.25) is 0 Å². The van der Waals surface area contributed by atoms with Crippen molar-refractivity contribution in [1.29, 1.82) is 0 Å². The first kappa shape index (κ1) is 28.9. The van der Waals surface area contributed by atoms with Crippen LogP contribution in [0.25, 0.3) is 6.08 Å². The highest BCUT2D eigenvalue weighted by atomic mass is 79.9. The van der Waals surface area contributed by atoms with E-state index in [1.54, 1.807) is 54.6 Å². The Morgan fingerprint density at radius 2 is 1.43 bits per heavy atom. The van der Waals surface area contributed by atoms with Crippen LogP contribution < -0.4 is 24.4 Å². The second-order valence-corrected chi connectivity index (χ2v) is 10.5. The predicted octanol–water partition coefficient (Wildman–Crippen LogP) is 6.94. The van der Waals surface area contributed by atoms with Gasteiger partial charge in [0.15, 0.2) is 0 Å². The summed E-state index contributed by atoms with van der Waals surface area (Å²) in [4.78, 5) is 39.9. The molecule has 42 heavy (non-hydrogen) atoms. The number of hydrogen-bond acceptors (Lipinski definition) is 6. The van der Waals surface area contributed by atoms with E-state index in [-0.39, 0.29) is 17.9 Å². The van der Waals surface area contributed by atoms with Gasteiger partial charge in [0.25, 0.3) is 11.8 Å². The van der Waals surface area contributed by atoms with E-state index in [0.29, 0.717) is 34.4 Å². The van der Waals surface area contributed by atoms with E-state index in [0.717, 1.165) is 20.5 Å². The quantitative estimate of drug-likeness (QED) is 0.156. The minimum absolute atomic E-state index is 0.226. The van der Waals surface area contributed by atoms with Gasteiger partial charge in [-0.15, -0.1) is 0 Å². The van der Waals surface area contributed by atoms with Gasteiger partial charge >= 0.3 is 6.03 Å². The molecule has 1 N–H and O–H groups in total. The van der Waals surface area contributed by atoms with Crippen molar-refractivity contribution in [2.45, 2.75) is 13.2 Å². The van der Waals surface area contributed by atoms with Crippen LogP contribution in [0.1, 0.15) is 16.7 Å². The van der Waals surface area contributed by atoms with Gasteiger partial charge in [0, 0.05) is 21.1 Å². The number of urea groups is 1. The van der Waals surface area contributed by atoms with Gasteiger partial charge in [-0.2, -0.15) is 0 Å². The fourth-order valence-electron chi connectivity index (χ4n) is 4.11. The molecule has 0 saturated carbocycles. The monoisotopic (exact) mass is 646 g/mol. The number of hydrogen-bond donors (Lipinski definition) is 1. The number of benzene rings is 4. The number of halogens is 2. The lowest BCUT2D eigenvalue weighted by Gasteiger charge is -2.26. The molecule has 0 atom stereocenters. The largest absolute Gasteiger partial charge is 0.497 e. The maximum absolute atomic E-state index is 13.5. The Kier molecular flexibility index (Phi) is 8.90. The summed E-state index contributed by atoms with van der Waals surface area (Å²) in [6, 6.07) is 25.5. The van der Waals surface area contributed by atoms with Gasteiger partial charge in [-0.3, -0.25) is 14.9 Å². The Balaban J connectivity index is 1.36. The van der Waals surface area contributed by atoms with Crippen LogP contribution in [0, 0.1) is 0 Å². The van der Waals surface area contributed by atoms with E-state index in [2.05, 4.69) is 21.2 Å². The molecule has 0 radical (unpaired) electrons. The highest BCUT2D eigenvalue weighted by Gasteiger charge is 2.37. The average Bonchev–Trinajstić information content (AvgIpc) is 2.99. The molecule has 1 saturated heterocycles. The Bertz CT molecular complexity index is 1650. The predicted molar refractivity (Wildman–Crippen MR) is 163 cm³/mol. The molecule has 1 aliphatic rings. The first-order valence-corrected chi connectivity index (χ1v) is 13.9. The summed E-state index contributed by atoms with van der Waals surface area (Å²) < 4.78 is 18.1. The Morgan fingerprint density at radius 1 is 0.810 bits per heavy atom. The molecule has 0 aromatic heterocycles. The molecule has 212 valence electrons. The molecule has 1 heterocycles. The van der Waals surface area contributed by atoms with E-state index in [1.807, 2.05) is 36.4 Å². The van der Waals surface area contributed by atoms with Crippen molar-refractivity contribution in [2.75, 3.05) is 12.0 Å². The second kappa shape index (κ2) is 12.9.